The number of hydrogen-bond acceptors (Lipinski definition) is 2. The van der Waals surface area contributed by atoms with Gasteiger partial charge in [-0.1, -0.05) is 11.6 Å². The number of hydrogen-bond donors (Lipinski definition) is 1. The number of halogens is 2. The molecule has 0 fully saturated rings. The van der Waals surface area contributed by atoms with E-state index in [9.17, 15) is 4.39 Å². The van der Waals surface area contributed by atoms with Crippen LogP contribution in [0, 0.1) is 5.82 Å². The van der Waals surface area contributed by atoms with Gasteiger partial charge in [-0.2, -0.15) is 5.10 Å². The Morgan fingerprint density at radius 2 is 2.24 bits per heavy atom. The Morgan fingerprint density at radius 3 is 2.82 bits per heavy atom. The van der Waals surface area contributed by atoms with Gasteiger partial charge in [0.2, 0.25) is 0 Å². The molecule has 90 valence electrons. The molecule has 1 heterocycles. The van der Waals surface area contributed by atoms with Gasteiger partial charge in [0.15, 0.2) is 0 Å². The molecule has 1 unspecified atom stereocenters. The molecule has 0 radical (unpaired) electrons. The average Bonchev–Trinajstić information content (AvgIpc) is 2.69. The summed E-state index contributed by atoms with van der Waals surface area (Å²) in [4.78, 5) is 0. The maximum atomic E-state index is 13.6. The van der Waals surface area contributed by atoms with Crippen molar-refractivity contribution in [2.75, 3.05) is 5.32 Å². The SMILES string of the molecule is CC(Nc1ccc(Cl)cc1F)c1cnn(C)c1. The topological polar surface area (TPSA) is 29.9 Å². The Hall–Kier alpha value is -1.55. The molecular weight excluding hydrogens is 241 g/mol. The zero-order valence-corrected chi connectivity index (χ0v) is 10.4. The molecule has 2 aromatic rings. The molecule has 0 aliphatic heterocycles. The van der Waals surface area contributed by atoms with Crippen molar-refractivity contribution < 1.29 is 4.39 Å². The maximum Gasteiger partial charge on any atom is 0.147 e. The van der Waals surface area contributed by atoms with E-state index in [1.807, 2.05) is 20.2 Å². The second kappa shape index (κ2) is 4.75. The summed E-state index contributed by atoms with van der Waals surface area (Å²) in [5.74, 6) is -0.353. The number of aryl methyl sites for hydroxylation is 1. The predicted octanol–water partition coefficient (Wildman–Crippen LogP) is 3.39. The lowest BCUT2D eigenvalue weighted by Gasteiger charge is -2.14. The first-order valence-corrected chi connectivity index (χ1v) is 5.64. The van der Waals surface area contributed by atoms with Crippen LogP contribution in [0.1, 0.15) is 18.5 Å². The Bertz CT molecular complexity index is 524. The fraction of sp³-hybridized carbons (Fsp3) is 0.250. The quantitative estimate of drug-likeness (QED) is 0.909. The summed E-state index contributed by atoms with van der Waals surface area (Å²) >= 11 is 5.69. The summed E-state index contributed by atoms with van der Waals surface area (Å²) in [6.45, 7) is 1.95. The lowest BCUT2D eigenvalue weighted by molar-refractivity contribution is 0.627. The van der Waals surface area contributed by atoms with Crippen molar-refractivity contribution >= 4 is 17.3 Å². The number of anilines is 1. The number of benzene rings is 1. The average molecular weight is 254 g/mol. The number of rotatable bonds is 3. The van der Waals surface area contributed by atoms with Crippen LogP contribution in [0.3, 0.4) is 0 Å². The third kappa shape index (κ3) is 2.77. The first-order chi connectivity index (χ1) is 8.06. The summed E-state index contributed by atoms with van der Waals surface area (Å²) in [5, 5.41) is 7.55. The molecule has 0 aliphatic carbocycles. The van der Waals surface area contributed by atoms with Crippen LogP contribution >= 0.6 is 11.6 Å². The second-order valence-electron chi connectivity index (χ2n) is 3.94. The number of aromatic nitrogens is 2. The Balaban J connectivity index is 2.15. The van der Waals surface area contributed by atoms with Gasteiger partial charge in [0.1, 0.15) is 5.82 Å². The van der Waals surface area contributed by atoms with Crippen molar-refractivity contribution in [3.8, 4) is 0 Å². The highest BCUT2D eigenvalue weighted by Crippen LogP contribution is 2.23. The van der Waals surface area contributed by atoms with E-state index < -0.39 is 0 Å². The lowest BCUT2D eigenvalue weighted by atomic mass is 10.2. The minimum absolute atomic E-state index is 0.0145. The van der Waals surface area contributed by atoms with Gasteiger partial charge in [-0.25, -0.2) is 4.39 Å². The highest BCUT2D eigenvalue weighted by molar-refractivity contribution is 6.30. The first-order valence-electron chi connectivity index (χ1n) is 5.26. The molecule has 1 atom stereocenters. The van der Waals surface area contributed by atoms with E-state index in [1.54, 1.807) is 23.0 Å². The zero-order valence-electron chi connectivity index (χ0n) is 9.61. The summed E-state index contributed by atoms with van der Waals surface area (Å²) in [6, 6.07) is 4.56. The van der Waals surface area contributed by atoms with Gasteiger partial charge in [0, 0.05) is 23.8 Å². The lowest BCUT2D eigenvalue weighted by Crippen LogP contribution is -2.07. The second-order valence-corrected chi connectivity index (χ2v) is 4.37. The van der Waals surface area contributed by atoms with Crippen LogP contribution in [-0.4, -0.2) is 9.78 Å². The van der Waals surface area contributed by atoms with Crippen molar-refractivity contribution in [3.63, 3.8) is 0 Å². The van der Waals surface area contributed by atoms with Gasteiger partial charge in [-0.15, -0.1) is 0 Å². The molecular formula is C12H13ClFN3. The van der Waals surface area contributed by atoms with Crippen molar-refractivity contribution in [1.29, 1.82) is 0 Å². The highest BCUT2D eigenvalue weighted by Gasteiger charge is 2.10. The Morgan fingerprint density at radius 1 is 1.47 bits per heavy atom. The van der Waals surface area contributed by atoms with Gasteiger partial charge in [0.25, 0.3) is 0 Å². The van der Waals surface area contributed by atoms with E-state index >= 15 is 0 Å². The van der Waals surface area contributed by atoms with Crippen LogP contribution in [0.25, 0.3) is 0 Å². The molecule has 5 heteroatoms. The molecule has 1 aromatic carbocycles. The molecule has 2 rings (SSSR count). The van der Waals surface area contributed by atoms with E-state index in [1.165, 1.54) is 6.07 Å². The summed E-state index contributed by atoms with van der Waals surface area (Å²) in [7, 11) is 1.85. The fourth-order valence-electron chi connectivity index (χ4n) is 1.59. The van der Waals surface area contributed by atoms with Gasteiger partial charge in [-0.3, -0.25) is 4.68 Å². The van der Waals surface area contributed by atoms with Crippen LogP contribution in [-0.2, 0) is 7.05 Å². The van der Waals surface area contributed by atoms with Gasteiger partial charge >= 0.3 is 0 Å². The molecule has 0 spiro atoms. The predicted molar refractivity (Wildman–Crippen MR) is 66.7 cm³/mol. The Kier molecular flexibility index (Phi) is 3.33. The van der Waals surface area contributed by atoms with Gasteiger partial charge < -0.3 is 5.32 Å². The Labute approximate surface area is 104 Å². The van der Waals surface area contributed by atoms with E-state index in [4.69, 9.17) is 11.6 Å². The fourth-order valence-corrected chi connectivity index (χ4v) is 1.75. The smallest absolute Gasteiger partial charge is 0.147 e. The van der Waals surface area contributed by atoms with Crippen molar-refractivity contribution in [1.82, 2.24) is 9.78 Å². The minimum Gasteiger partial charge on any atom is -0.376 e. The first kappa shape index (κ1) is 11.9. The molecule has 3 nitrogen and oxygen atoms in total. The molecule has 0 aliphatic rings. The van der Waals surface area contributed by atoms with Crippen LogP contribution in [0.5, 0.6) is 0 Å². The molecule has 0 saturated carbocycles. The van der Waals surface area contributed by atoms with Crippen LogP contribution in [0.2, 0.25) is 5.02 Å². The summed E-state index contributed by atoms with van der Waals surface area (Å²) < 4.78 is 15.3. The minimum atomic E-state index is -0.353. The van der Waals surface area contributed by atoms with Crippen LogP contribution in [0.15, 0.2) is 30.6 Å². The van der Waals surface area contributed by atoms with Crippen LogP contribution in [0.4, 0.5) is 10.1 Å². The highest BCUT2D eigenvalue weighted by atomic mass is 35.5. The third-order valence-corrected chi connectivity index (χ3v) is 2.76. The standard InChI is InChI=1S/C12H13ClFN3/c1-8(9-6-15-17(2)7-9)16-12-4-3-10(13)5-11(12)14/h3-8,16H,1-2H3. The third-order valence-electron chi connectivity index (χ3n) is 2.53. The monoisotopic (exact) mass is 253 g/mol. The molecule has 17 heavy (non-hydrogen) atoms. The van der Waals surface area contributed by atoms with E-state index in [0.29, 0.717) is 10.7 Å². The van der Waals surface area contributed by atoms with Gasteiger partial charge in [0.05, 0.1) is 17.9 Å². The molecule has 0 saturated heterocycles. The van der Waals surface area contributed by atoms with Crippen LogP contribution < -0.4 is 5.32 Å². The van der Waals surface area contributed by atoms with Gasteiger partial charge in [-0.05, 0) is 25.1 Å². The van der Waals surface area contributed by atoms with E-state index in [-0.39, 0.29) is 11.9 Å². The largest absolute Gasteiger partial charge is 0.376 e. The molecule has 1 aromatic heterocycles. The van der Waals surface area contributed by atoms with Crippen molar-refractivity contribution in [2.24, 2.45) is 7.05 Å². The maximum absolute atomic E-state index is 13.6. The summed E-state index contributed by atoms with van der Waals surface area (Å²) in [6.07, 6.45) is 3.65. The number of nitrogens with zero attached hydrogens (tertiary/aromatic N) is 2. The van der Waals surface area contributed by atoms with E-state index in [2.05, 4.69) is 10.4 Å². The summed E-state index contributed by atoms with van der Waals surface area (Å²) in [5.41, 5.74) is 1.44. The molecule has 0 bridgehead atoms. The normalized spacial score (nSPS) is 12.5. The molecule has 1 N–H and O–H groups in total. The number of nitrogens with one attached hydrogen (secondary N) is 1. The van der Waals surface area contributed by atoms with E-state index in [0.717, 1.165) is 5.56 Å². The van der Waals surface area contributed by atoms with Crippen molar-refractivity contribution in [3.05, 3.63) is 47.0 Å². The molecule has 0 amide bonds. The zero-order chi connectivity index (χ0) is 12.4. The van der Waals surface area contributed by atoms with Crippen molar-refractivity contribution in [2.45, 2.75) is 13.0 Å².